The minimum atomic E-state index is 0.991. The van der Waals surface area contributed by atoms with E-state index in [1.165, 1.54) is 32.4 Å². The van der Waals surface area contributed by atoms with Gasteiger partial charge in [0, 0.05) is 12.6 Å². The zero-order valence-corrected chi connectivity index (χ0v) is 7.71. The van der Waals surface area contributed by atoms with Gasteiger partial charge in [0.15, 0.2) is 0 Å². The quantitative estimate of drug-likeness (QED) is 0.587. The molecule has 3 atom stereocenters. The first-order valence-corrected chi connectivity index (χ1v) is 5.10. The van der Waals surface area contributed by atoms with Crippen LogP contribution in [0, 0.1) is 11.8 Å². The molecule has 0 aromatic rings. The van der Waals surface area contributed by atoms with Crippen molar-refractivity contribution >= 4 is 0 Å². The number of rotatable bonds is 2. The highest BCUT2D eigenvalue weighted by Crippen LogP contribution is 2.44. The van der Waals surface area contributed by atoms with Crippen LogP contribution in [0.4, 0.5) is 0 Å². The Balaban J connectivity index is 1.99. The molecule has 1 heterocycles. The van der Waals surface area contributed by atoms with E-state index in [2.05, 4.69) is 18.7 Å². The maximum absolute atomic E-state index is 2.68. The monoisotopic (exact) mass is 153 g/mol. The van der Waals surface area contributed by atoms with Gasteiger partial charge in [-0.25, -0.2) is 0 Å². The van der Waals surface area contributed by atoms with Gasteiger partial charge in [-0.05, 0) is 31.2 Å². The molecular weight excluding hydrogens is 134 g/mol. The largest absolute Gasteiger partial charge is 0.300 e. The Labute approximate surface area is 69.8 Å². The molecule has 2 fully saturated rings. The SMILES string of the molecule is CCC1CN(CC)C2CCC12. The van der Waals surface area contributed by atoms with Gasteiger partial charge in [-0.1, -0.05) is 20.3 Å². The third-order valence-electron chi connectivity index (χ3n) is 3.76. The lowest BCUT2D eigenvalue weighted by molar-refractivity contribution is 0.139. The summed E-state index contributed by atoms with van der Waals surface area (Å²) in [5.74, 6) is 2.12. The van der Waals surface area contributed by atoms with Crippen LogP contribution in [-0.2, 0) is 0 Å². The van der Waals surface area contributed by atoms with Gasteiger partial charge in [0.05, 0.1) is 0 Å². The van der Waals surface area contributed by atoms with Crippen LogP contribution in [0.5, 0.6) is 0 Å². The van der Waals surface area contributed by atoms with E-state index in [4.69, 9.17) is 0 Å². The number of hydrogen-bond acceptors (Lipinski definition) is 1. The Morgan fingerprint density at radius 1 is 1.27 bits per heavy atom. The van der Waals surface area contributed by atoms with Gasteiger partial charge in [0.1, 0.15) is 0 Å². The van der Waals surface area contributed by atoms with E-state index < -0.39 is 0 Å². The highest BCUT2D eigenvalue weighted by molar-refractivity contribution is 4.98. The first kappa shape index (κ1) is 7.60. The zero-order chi connectivity index (χ0) is 7.84. The van der Waals surface area contributed by atoms with Crippen LogP contribution < -0.4 is 0 Å². The van der Waals surface area contributed by atoms with Crippen LogP contribution in [0.2, 0.25) is 0 Å². The Hall–Kier alpha value is -0.0400. The van der Waals surface area contributed by atoms with Gasteiger partial charge in [0.25, 0.3) is 0 Å². The summed E-state index contributed by atoms with van der Waals surface area (Å²) in [4.78, 5) is 2.68. The van der Waals surface area contributed by atoms with E-state index in [0.717, 1.165) is 17.9 Å². The summed E-state index contributed by atoms with van der Waals surface area (Å²) >= 11 is 0. The van der Waals surface area contributed by atoms with E-state index in [-0.39, 0.29) is 0 Å². The highest BCUT2D eigenvalue weighted by Gasteiger charge is 2.45. The molecular formula is C10H19N. The lowest BCUT2D eigenvalue weighted by Gasteiger charge is -2.36. The lowest BCUT2D eigenvalue weighted by Crippen LogP contribution is -2.39. The van der Waals surface area contributed by atoms with Gasteiger partial charge < -0.3 is 4.90 Å². The molecule has 0 radical (unpaired) electrons. The summed E-state index contributed by atoms with van der Waals surface area (Å²) in [5, 5.41) is 0. The Bertz CT molecular complexity index is 118. The summed E-state index contributed by atoms with van der Waals surface area (Å²) in [6.07, 6.45) is 4.40. The molecule has 1 nitrogen and oxygen atoms in total. The summed E-state index contributed by atoms with van der Waals surface area (Å²) in [6, 6.07) is 0.991. The Kier molecular flexibility index (Phi) is 1.92. The average molecular weight is 153 g/mol. The lowest BCUT2D eigenvalue weighted by atomic mass is 9.74. The topological polar surface area (TPSA) is 3.24 Å². The maximum Gasteiger partial charge on any atom is 0.0127 e. The van der Waals surface area contributed by atoms with Crippen LogP contribution in [0.1, 0.15) is 33.1 Å². The Morgan fingerprint density at radius 2 is 2.09 bits per heavy atom. The molecule has 0 amide bonds. The van der Waals surface area contributed by atoms with E-state index in [0.29, 0.717) is 0 Å². The molecule has 0 aromatic carbocycles. The summed E-state index contributed by atoms with van der Waals surface area (Å²) < 4.78 is 0. The minimum Gasteiger partial charge on any atom is -0.300 e. The van der Waals surface area contributed by atoms with E-state index >= 15 is 0 Å². The van der Waals surface area contributed by atoms with Crippen molar-refractivity contribution in [2.24, 2.45) is 11.8 Å². The summed E-state index contributed by atoms with van der Waals surface area (Å²) in [7, 11) is 0. The van der Waals surface area contributed by atoms with Crippen molar-refractivity contribution in [2.75, 3.05) is 13.1 Å². The molecule has 11 heavy (non-hydrogen) atoms. The maximum atomic E-state index is 2.68. The predicted molar refractivity (Wildman–Crippen MR) is 47.5 cm³/mol. The summed E-state index contributed by atoms with van der Waals surface area (Å²) in [5.41, 5.74) is 0. The molecule has 1 saturated carbocycles. The third-order valence-corrected chi connectivity index (χ3v) is 3.76. The van der Waals surface area contributed by atoms with Gasteiger partial charge in [-0.2, -0.15) is 0 Å². The van der Waals surface area contributed by atoms with Crippen LogP contribution in [-0.4, -0.2) is 24.0 Å². The number of likely N-dealkylation sites (tertiary alicyclic amines) is 1. The third kappa shape index (κ3) is 1.01. The van der Waals surface area contributed by atoms with Crippen molar-refractivity contribution in [1.29, 1.82) is 0 Å². The fourth-order valence-corrected chi connectivity index (χ4v) is 2.88. The van der Waals surface area contributed by atoms with Crippen molar-refractivity contribution < 1.29 is 0 Å². The fraction of sp³-hybridized carbons (Fsp3) is 1.00. The Morgan fingerprint density at radius 3 is 2.36 bits per heavy atom. The van der Waals surface area contributed by atoms with Crippen molar-refractivity contribution in [3.05, 3.63) is 0 Å². The van der Waals surface area contributed by atoms with Gasteiger partial charge in [0.2, 0.25) is 0 Å². The molecule has 0 N–H and O–H groups in total. The van der Waals surface area contributed by atoms with Gasteiger partial charge in [-0.15, -0.1) is 0 Å². The first-order valence-electron chi connectivity index (χ1n) is 5.10. The molecule has 0 aromatic heterocycles. The molecule has 1 saturated heterocycles. The second kappa shape index (κ2) is 2.78. The molecule has 2 aliphatic rings. The second-order valence-corrected chi connectivity index (χ2v) is 4.06. The number of nitrogens with zero attached hydrogens (tertiary/aromatic N) is 1. The van der Waals surface area contributed by atoms with Crippen LogP contribution >= 0.6 is 0 Å². The van der Waals surface area contributed by atoms with Crippen molar-refractivity contribution in [3.8, 4) is 0 Å². The molecule has 1 heteroatoms. The van der Waals surface area contributed by atoms with Gasteiger partial charge >= 0.3 is 0 Å². The van der Waals surface area contributed by atoms with E-state index in [1.54, 1.807) is 0 Å². The van der Waals surface area contributed by atoms with Crippen LogP contribution in [0.25, 0.3) is 0 Å². The zero-order valence-electron chi connectivity index (χ0n) is 7.71. The normalized spacial score (nSPS) is 43.6. The summed E-state index contributed by atoms with van der Waals surface area (Å²) in [6.45, 7) is 7.31. The molecule has 1 aliphatic heterocycles. The fourth-order valence-electron chi connectivity index (χ4n) is 2.88. The smallest absolute Gasteiger partial charge is 0.0127 e. The van der Waals surface area contributed by atoms with Crippen LogP contribution in [0.15, 0.2) is 0 Å². The molecule has 1 aliphatic carbocycles. The van der Waals surface area contributed by atoms with Crippen molar-refractivity contribution in [1.82, 2.24) is 4.90 Å². The van der Waals surface area contributed by atoms with Gasteiger partial charge in [-0.3, -0.25) is 0 Å². The van der Waals surface area contributed by atoms with Crippen molar-refractivity contribution in [3.63, 3.8) is 0 Å². The number of hydrogen-bond donors (Lipinski definition) is 0. The highest BCUT2D eigenvalue weighted by atomic mass is 15.2. The minimum absolute atomic E-state index is 0.991. The molecule has 0 spiro atoms. The molecule has 0 bridgehead atoms. The molecule has 64 valence electrons. The molecule has 3 unspecified atom stereocenters. The van der Waals surface area contributed by atoms with Crippen molar-refractivity contribution in [2.45, 2.75) is 39.2 Å². The first-order chi connectivity index (χ1) is 5.36. The average Bonchev–Trinajstić information content (AvgIpc) is 2.21. The van der Waals surface area contributed by atoms with E-state index in [9.17, 15) is 0 Å². The number of fused-ring (bicyclic) bond motifs is 1. The van der Waals surface area contributed by atoms with Crippen LogP contribution in [0.3, 0.4) is 0 Å². The standard InChI is InChI=1S/C10H19N/c1-3-8-7-11(4-2)10-6-5-9(8)10/h8-10H,3-7H2,1-2H3. The predicted octanol–water partition coefficient (Wildman–Crippen LogP) is 2.13. The molecule has 2 rings (SSSR count). The van der Waals surface area contributed by atoms with E-state index in [1.807, 2.05) is 0 Å². The second-order valence-electron chi connectivity index (χ2n) is 4.06.